The maximum Gasteiger partial charge on any atom is 0.251 e. The summed E-state index contributed by atoms with van der Waals surface area (Å²) in [5.41, 5.74) is 0.384. The quantitative estimate of drug-likeness (QED) is 0.740. The molecular formula is C20H33N3O4S. The smallest absolute Gasteiger partial charge is 0.251 e. The summed E-state index contributed by atoms with van der Waals surface area (Å²) in [6, 6.07) is 6.13. The first-order chi connectivity index (χ1) is 12.9. The molecule has 1 N–H and O–H groups in total. The topological polar surface area (TPSA) is 79.0 Å². The van der Waals surface area contributed by atoms with Gasteiger partial charge < -0.3 is 15.0 Å². The standard InChI is InChI=1S/C20H33N3O4S/c1-15-11-23(12-16(2)27-15)28(25,26)18-9-7-17(8-10-18)19(24)21-13-20(3,4)14-22(5)6/h7-10,15-16H,11-14H2,1-6H3,(H,21,24)/t15-,16-/m1/s1. The maximum atomic E-state index is 12.9. The molecule has 1 fully saturated rings. The number of rotatable bonds is 7. The van der Waals surface area contributed by atoms with Crippen LogP contribution in [0.2, 0.25) is 0 Å². The Morgan fingerprint density at radius 1 is 1.18 bits per heavy atom. The van der Waals surface area contributed by atoms with E-state index in [2.05, 4.69) is 24.1 Å². The Morgan fingerprint density at radius 3 is 2.21 bits per heavy atom. The number of morpholine rings is 1. The van der Waals surface area contributed by atoms with Gasteiger partial charge in [0.15, 0.2) is 0 Å². The number of ether oxygens (including phenoxy) is 1. The predicted molar refractivity (Wildman–Crippen MR) is 110 cm³/mol. The molecule has 1 saturated heterocycles. The minimum atomic E-state index is -3.60. The first kappa shape index (κ1) is 22.8. The third kappa shape index (κ3) is 6.01. The lowest BCUT2D eigenvalue weighted by Crippen LogP contribution is -2.48. The SMILES string of the molecule is C[C@@H]1CN(S(=O)(=O)c2ccc(C(=O)NCC(C)(C)CN(C)C)cc2)C[C@@H](C)O1. The second kappa shape index (κ2) is 8.90. The number of amides is 1. The molecule has 1 aliphatic rings. The van der Waals surface area contributed by atoms with Gasteiger partial charge in [-0.1, -0.05) is 13.8 Å². The van der Waals surface area contributed by atoms with Crippen molar-refractivity contribution in [1.29, 1.82) is 0 Å². The third-order valence-electron chi connectivity index (χ3n) is 4.61. The fraction of sp³-hybridized carbons (Fsp3) is 0.650. The number of nitrogens with one attached hydrogen (secondary N) is 1. The molecule has 28 heavy (non-hydrogen) atoms. The fourth-order valence-electron chi connectivity index (χ4n) is 3.59. The summed E-state index contributed by atoms with van der Waals surface area (Å²) in [4.78, 5) is 14.7. The Balaban J connectivity index is 2.05. The molecule has 0 spiro atoms. The average molecular weight is 412 g/mol. The summed E-state index contributed by atoms with van der Waals surface area (Å²) in [5, 5.41) is 2.94. The van der Waals surface area contributed by atoms with Crippen LogP contribution >= 0.6 is 0 Å². The molecule has 0 aromatic heterocycles. The molecule has 0 aliphatic carbocycles. The van der Waals surface area contributed by atoms with E-state index in [1.165, 1.54) is 16.4 Å². The molecular weight excluding hydrogens is 378 g/mol. The number of hydrogen-bond acceptors (Lipinski definition) is 5. The Morgan fingerprint density at radius 2 is 1.71 bits per heavy atom. The van der Waals surface area contributed by atoms with E-state index in [-0.39, 0.29) is 28.4 Å². The zero-order valence-electron chi connectivity index (χ0n) is 17.7. The molecule has 2 rings (SSSR count). The Hall–Kier alpha value is -1.48. The van der Waals surface area contributed by atoms with Crippen LogP contribution in [-0.2, 0) is 14.8 Å². The lowest BCUT2D eigenvalue weighted by atomic mass is 9.93. The summed E-state index contributed by atoms with van der Waals surface area (Å²) < 4.78 is 32.8. The lowest BCUT2D eigenvalue weighted by molar-refractivity contribution is -0.0440. The zero-order chi connectivity index (χ0) is 21.1. The first-order valence-electron chi connectivity index (χ1n) is 9.59. The Bertz CT molecular complexity index is 765. The summed E-state index contributed by atoms with van der Waals surface area (Å²) in [6.45, 7) is 9.95. The average Bonchev–Trinajstić information content (AvgIpc) is 2.58. The van der Waals surface area contributed by atoms with Crippen LogP contribution in [-0.4, -0.2) is 76.0 Å². The van der Waals surface area contributed by atoms with Crippen LogP contribution in [0, 0.1) is 5.41 Å². The van der Waals surface area contributed by atoms with Gasteiger partial charge in [-0.25, -0.2) is 8.42 Å². The van der Waals surface area contributed by atoms with Crippen molar-refractivity contribution < 1.29 is 17.9 Å². The van der Waals surface area contributed by atoms with Gasteiger partial charge in [-0.05, 0) is 57.6 Å². The number of benzene rings is 1. The molecule has 1 aliphatic heterocycles. The van der Waals surface area contributed by atoms with E-state index >= 15 is 0 Å². The van der Waals surface area contributed by atoms with Crippen LogP contribution in [0.5, 0.6) is 0 Å². The van der Waals surface area contributed by atoms with Gasteiger partial charge in [0.05, 0.1) is 17.1 Å². The van der Waals surface area contributed by atoms with E-state index < -0.39 is 10.0 Å². The van der Waals surface area contributed by atoms with Crippen molar-refractivity contribution in [3.63, 3.8) is 0 Å². The van der Waals surface area contributed by atoms with Gasteiger partial charge in [-0.2, -0.15) is 4.31 Å². The van der Waals surface area contributed by atoms with Crippen LogP contribution in [0.15, 0.2) is 29.2 Å². The maximum absolute atomic E-state index is 12.9. The van der Waals surface area contributed by atoms with Crippen molar-refractivity contribution in [2.24, 2.45) is 5.41 Å². The molecule has 1 amide bonds. The second-order valence-electron chi connectivity index (χ2n) is 8.69. The van der Waals surface area contributed by atoms with E-state index in [1.54, 1.807) is 12.1 Å². The molecule has 8 heteroatoms. The van der Waals surface area contributed by atoms with E-state index in [4.69, 9.17) is 4.74 Å². The van der Waals surface area contributed by atoms with Crippen LogP contribution in [0.4, 0.5) is 0 Å². The fourth-order valence-corrected chi connectivity index (χ4v) is 5.18. The van der Waals surface area contributed by atoms with Crippen LogP contribution < -0.4 is 5.32 Å². The first-order valence-corrected chi connectivity index (χ1v) is 11.0. The highest BCUT2D eigenvalue weighted by molar-refractivity contribution is 7.89. The van der Waals surface area contributed by atoms with E-state index in [0.717, 1.165) is 6.54 Å². The monoisotopic (exact) mass is 411 g/mol. The highest BCUT2D eigenvalue weighted by Gasteiger charge is 2.32. The molecule has 2 atom stereocenters. The minimum Gasteiger partial charge on any atom is -0.373 e. The van der Waals surface area contributed by atoms with E-state index in [1.807, 2.05) is 27.9 Å². The highest BCUT2D eigenvalue weighted by atomic mass is 32.2. The number of carbonyl (C=O) groups is 1. The molecule has 7 nitrogen and oxygen atoms in total. The van der Waals surface area contributed by atoms with Crippen molar-refractivity contribution >= 4 is 15.9 Å². The van der Waals surface area contributed by atoms with Gasteiger partial charge in [0.25, 0.3) is 5.91 Å². The van der Waals surface area contributed by atoms with Crippen LogP contribution in [0.3, 0.4) is 0 Å². The molecule has 0 saturated carbocycles. The molecule has 0 radical (unpaired) electrons. The van der Waals surface area contributed by atoms with Gasteiger partial charge in [-0.15, -0.1) is 0 Å². The van der Waals surface area contributed by atoms with Crippen LogP contribution in [0.1, 0.15) is 38.1 Å². The normalized spacial score (nSPS) is 21.7. The number of carbonyl (C=O) groups excluding carboxylic acids is 1. The summed E-state index contributed by atoms with van der Waals surface area (Å²) in [6.07, 6.45) is -0.289. The summed E-state index contributed by atoms with van der Waals surface area (Å²) in [5.74, 6) is -0.204. The van der Waals surface area contributed by atoms with Crippen molar-refractivity contribution in [2.75, 3.05) is 40.3 Å². The lowest BCUT2D eigenvalue weighted by Gasteiger charge is -2.34. The van der Waals surface area contributed by atoms with Crippen molar-refractivity contribution in [2.45, 2.75) is 44.8 Å². The number of hydrogen-bond donors (Lipinski definition) is 1. The van der Waals surface area contributed by atoms with Gasteiger partial charge in [-0.3, -0.25) is 4.79 Å². The molecule has 0 unspecified atom stereocenters. The zero-order valence-corrected chi connectivity index (χ0v) is 18.5. The van der Waals surface area contributed by atoms with Crippen molar-refractivity contribution in [3.05, 3.63) is 29.8 Å². The summed E-state index contributed by atoms with van der Waals surface area (Å²) >= 11 is 0. The van der Waals surface area contributed by atoms with E-state index in [0.29, 0.717) is 25.2 Å². The Labute approximate surface area is 169 Å². The van der Waals surface area contributed by atoms with Crippen molar-refractivity contribution in [1.82, 2.24) is 14.5 Å². The molecule has 1 heterocycles. The van der Waals surface area contributed by atoms with Gasteiger partial charge in [0.1, 0.15) is 0 Å². The molecule has 0 bridgehead atoms. The predicted octanol–water partition coefficient (Wildman–Crippen LogP) is 1.80. The largest absolute Gasteiger partial charge is 0.373 e. The van der Waals surface area contributed by atoms with Gasteiger partial charge >= 0.3 is 0 Å². The Kier molecular flexibility index (Phi) is 7.25. The van der Waals surface area contributed by atoms with Crippen molar-refractivity contribution in [3.8, 4) is 0 Å². The molecule has 1 aromatic rings. The number of nitrogens with zero attached hydrogens (tertiary/aromatic N) is 2. The number of sulfonamides is 1. The van der Waals surface area contributed by atoms with Gasteiger partial charge in [0, 0.05) is 31.7 Å². The third-order valence-corrected chi connectivity index (χ3v) is 6.46. The summed E-state index contributed by atoms with van der Waals surface area (Å²) in [7, 11) is 0.394. The van der Waals surface area contributed by atoms with Crippen LogP contribution in [0.25, 0.3) is 0 Å². The highest BCUT2D eigenvalue weighted by Crippen LogP contribution is 2.21. The second-order valence-corrected chi connectivity index (χ2v) is 10.6. The van der Waals surface area contributed by atoms with E-state index in [9.17, 15) is 13.2 Å². The molecule has 158 valence electrons. The minimum absolute atomic E-state index is 0.0633. The van der Waals surface area contributed by atoms with Gasteiger partial charge in [0.2, 0.25) is 10.0 Å². The molecule has 1 aromatic carbocycles.